The molecule has 0 aromatic heterocycles. The zero-order valence-corrected chi connectivity index (χ0v) is 10.2. The Morgan fingerprint density at radius 1 is 1.53 bits per heavy atom. The van der Waals surface area contributed by atoms with Gasteiger partial charge in [-0.05, 0) is 59.0 Å². The van der Waals surface area contributed by atoms with Gasteiger partial charge in [0.2, 0.25) is 0 Å². The Morgan fingerprint density at radius 2 is 2.13 bits per heavy atom. The molecule has 15 heavy (non-hydrogen) atoms. The molecular formula is C11H12BrFO2. The second-order valence-electron chi connectivity index (χ2n) is 3.49. The first-order valence-electron chi connectivity index (χ1n) is 4.59. The molecule has 0 spiro atoms. The fraction of sp³-hybridized carbons (Fsp3) is 0.364. The molecule has 1 N–H and O–H groups in total. The van der Waals surface area contributed by atoms with Crippen molar-refractivity contribution in [3.63, 3.8) is 0 Å². The molecule has 0 amide bonds. The number of aryl methyl sites for hydroxylation is 1. The van der Waals surface area contributed by atoms with Crippen LogP contribution in [0.4, 0.5) is 4.39 Å². The molecule has 4 heteroatoms. The van der Waals surface area contributed by atoms with E-state index in [9.17, 15) is 9.18 Å². The van der Waals surface area contributed by atoms with Gasteiger partial charge in [-0.3, -0.25) is 4.79 Å². The van der Waals surface area contributed by atoms with E-state index in [1.807, 2.05) is 13.8 Å². The monoisotopic (exact) mass is 274 g/mol. The van der Waals surface area contributed by atoms with E-state index in [1.165, 1.54) is 0 Å². The number of carboxylic acids is 1. The van der Waals surface area contributed by atoms with Gasteiger partial charge in [0.25, 0.3) is 0 Å². The van der Waals surface area contributed by atoms with Crippen molar-refractivity contribution >= 4 is 21.9 Å². The fourth-order valence-corrected chi connectivity index (χ4v) is 2.02. The third kappa shape index (κ3) is 2.78. The highest BCUT2D eigenvalue weighted by Crippen LogP contribution is 2.26. The standard InChI is InChI=1S/C11H12BrFO2/c1-6-5-9(12)11(13)8(7(6)2)3-4-10(14)15/h5H,3-4H2,1-2H3,(H,14,15). The van der Waals surface area contributed by atoms with Crippen LogP contribution >= 0.6 is 15.9 Å². The SMILES string of the molecule is Cc1cc(Br)c(F)c(CCC(=O)O)c1C. The fourth-order valence-electron chi connectivity index (χ4n) is 1.44. The summed E-state index contributed by atoms with van der Waals surface area (Å²) in [6.45, 7) is 3.69. The molecule has 0 saturated heterocycles. The van der Waals surface area contributed by atoms with E-state index in [0.29, 0.717) is 10.0 Å². The zero-order chi connectivity index (χ0) is 11.6. The van der Waals surface area contributed by atoms with Crippen LogP contribution < -0.4 is 0 Å². The normalized spacial score (nSPS) is 10.4. The van der Waals surface area contributed by atoms with Gasteiger partial charge in [0.05, 0.1) is 4.47 Å². The van der Waals surface area contributed by atoms with Crippen LogP contribution in [0.1, 0.15) is 23.1 Å². The number of aliphatic carboxylic acids is 1. The zero-order valence-electron chi connectivity index (χ0n) is 8.60. The molecule has 0 radical (unpaired) electrons. The second kappa shape index (κ2) is 4.75. The molecule has 0 atom stereocenters. The summed E-state index contributed by atoms with van der Waals surface area (Å²) in [5.74, 6) is -1.26. The first-order valence-corrected chi connectivity index (χ1v) is 5.38. The number of hydrogen-bond acceptors (Lipinski definition) is 1. The minimum Gasteiger partial charge on any atom is -0.481 e. The lowest BCUT2D eigenvalue weighted by Crippen LogP contribution is -2.03. The molecular weight excluding hydrogens is 263 g/mol. The van der Waals surface area contributed by atoms with E-state index in [1.54, 1.807) is 6.07 Å². The van der Waals surface area contributed by atoms with Crippen molar-refractivity contribution in [1.29, 1.82) is 0 Å². The summed E-state index contributed by atoms with van der Waals surface area (Å²) in [6.07, 6.45) is 0.181. The lowest BCUT2D eigenvalue weighted by molar-refractivity contribution is -0.136. The molecule has 0 fully saturated rings. The summed E-state index contributed by atoms with van der Waals surface area (Å²) in [7, 11) is 0. The minimum atomic E-state index is -0.911. The Bertz CT molecular complexity index is 376. The predicted octanol–water partition coefficient (Wildman–Crippen LogP) is 3.22. The summed E-state index contributed by atoms with van der Waals surface area (Å²) in [5.41, 5.74) is 2.28. The third-order valence-corrected chi connectivity index (χ3v) is 3.03. The van der Waals surface area contributed by atoms with Gasteiger partial charge in [-0.1, -0.05) is 0 Å². The van der Waals surface area contributed by atoms with Crippen LogP contribution in [0.2, 0.25) is 0 Å². The van der Waals surface area contributed by atoms with Crippen molar-refractivity contribution in [2.45, 2.75) is 26.7 Å². The molecule has 1 aromatic carbocycles. The maximum absolute atomic E-state index is 13.7. The largest absolute Gasteiger partial charge is 0.481 e. The molecule has 1 aromatic rings. The quantitative estimate of drug-likeness (QED) is 0.919. The predicted molar refractivity (Wildman–Crippen MR) is 59.5 cm³/mol. The van der Waals surface area contributed by atoms with E-state index < -0.39 is 5.97 Å². The number of halogens is 2. The average Bonchev–Trinajstić information content (AvgIpc) is 2.14. The Labute approximate surface area is 96.2 Å². The van der Waals surface area contributed by atoms with Crippen LogP contribution in [0, 0.1) is 19.7 Å². The van der Waals surface area contributed by atoms with Crippen LogP contribution in [-0.4, -0.2) is 11.1 Å². The van der Waals surface area contributed by atoms with Crippen molar-refractivity contribution in [3.8, 4) is 0 Å². The molecule has 2 nitrogen and oxygen atoms in total. The molecule has 0 saturated carbocycles. The van der Waals surface area contributed by atoms with Crippen LogP contribution in [0.15, 0.2) is 10.5 Å². The Hall–Kier alpha value is -0.900. The minimum absolute atomic E-state index is 0.0480. The maximum atomic E-state index is 13.7. The highest BCUT2D eigenvalue weighted by molar-refractivity contribution is 9.10. The van der Waals surface area contributed by atoms with Gasteiger partial charge in [-0.15, -0.1) is 0 Å². The molecule has 0 aliphatic heterocycles. The molecule has 82 valence electrons. The molecule has 0 unspecified atom stereocenters. The number of benzene rings is 1. The smallest absolute Gasteiger partial charge is 0.303 e. The van der Waals surface area contributed by atoms with Crippen LogP contribution in [0.25, 0.3) is 0 Å². The van der Waals surface area contributed by atoms with Gasteiger partial charge >= 0.3 is 5.97 Å². The van der Waals surface area contributed by atoms with Gasteiger partial charge in [-0.2, -0.15) is 0 Å². The van der Waals surface area contributed by atoms with Crippen molar-refractivity contribution in [2.75, 3.05) is 0 Å². The average molecular weight is 275 g/mol. The van der Waals surface area contributed by atoms with E-state index in [0.717, 1.165) is 11.1 Å². The Morgan fingerprint density at radius 3 is 2.67 bits per heavy atom. The summed E-state index contributed by atoms with van der Waals surface area (Å²) in [5, 5.41) is 8.56. The van der Waals surface area contributed by atoms with Crippen LogP contribution in [-0.2, 0) is 11.2 Å². The van der Waals surface area contributed by atoms with Crippen molar-refractivity contribution in [1.82, 2.24) is 0 Å². The topological polar surface area (TPSA) is 37.3 Å². The first-order chi connectivity index (χ1) is 6.93. The summed E-state index contributed by atoms with van der Waals surface area (Å²) in [6, 6.07) is 1.70. The number of carbonyl (C=O) groups is 1. The molecule has 1 rings (SSSR count). The second-order valence-corrected chi connectivity index (χ2v) is 4.34. The lowest BCUT2D eigenvalue weighted by Gasteiger charge is -2.10. The van der Waals surface area contributed by atoms with E-state index in [2.05, 4.69) is 15.9 Å². The Balaban J connectivity index is 3.09. The molecule has 0 bridgehead atoms. The van der Waals surface area contributed by atoms with Crippen molar-refractivity contribution in [3.05, 3.63) is 33.0 Å². The van der Waals surface area contributed by atoms with Gasteiger partial charge in [0, 0.05) is 6.42 Å². The molecule has 0 heterocycles. The van der Waals surface area contributed by atoms with E-state index in [4.69, 9.17) is 5.11 Å². The highest BCUT2D eigenvalue weighted by atomic mass is 79.9. The van der Waals surface area contributed by atoms with E-state index in [-0.39, 0.29) is 18.7 Å². The Kier molecular flexibility index (Phi) is 3.85. The van der Waals surface area contributed by atoms with Gasteiger partial charge < -0.3 is 5.11 Å². The van der Waals surface area contributed by atoms with E-state index >= 15 is 0 Å². The lowest BCUT2D eigenvalue weighted by atomic mass is 9.99. The van der Waals surface area contributed by atoms with Crippen molar-refractivity contribution < 1.29 is 14.3 Å². The maximum Gasteiger partial charge on any atom is 0.303 e. The van der Waals surface area contributed by atoms with Gasteiger partial charge in [0.1, 0.15) is 5.82 Å². The first kappa shape index (κ1) is 12.2. The highest BCUT2D eigenvalue weighted by Gasteiger charge is 2.13. The number of rotatable bonds is 3. The summed E-state index contributed by atoms with van der Waals surface area (Å²) >= 11 is 3.12. The van der Waals surface area contributed by atoms with Crippen LogP contribution in [0.3, 0.4) is 0 Å². The third-order valence-electron chi connectivity index (χ3n) is 2.45. The van der Waals surface area contributed by atoms with Crippen molar-refractivity contribution in [2.24, 2.45) is 0 Å². The van der Waals surface area contributed by atoms with Gasteiger partial charge in [-0.25, -0.2) is 4.39 Å². The molecule has 0 aliphatic carbocycles. The number of carboxylic acid groups (broad SMARTS) is 1. The summed E-state index contributed by atoms with van der Waals surface area (Å²) < 4.78 is 14.0. The van der Waals surface area contributed by atoms with Crippen LogP contribution in [0.5, 0.6) is 0 Å². The molecule has 0 aliphatic rings. The van der Waals surface area contributed by atoms with Gasteiger partial charge in [0.15, 0.2) is 0 Å². The number of hydrogen-bond donors (Lipinski definition) is 1. The summed E-state index contributed by atoms with van der Waals surface area (Å²) in [4.78, 5) is 10.4.